The fourth-order valence-electron chi connectivity index (χ4n) is 6.53. The van der Waals surface area contributed by atoms with E-state index < -0.39 is 0 Å². The summed E-state index contributed by atoms with van der Waals surface area (Å²) in [6.45, 7) is 4.61. The molecule has 4 aliphatic rings. The van der Waals surface area contributed by atoms with Crippen LogP contribution in [-0.2, 0) is 9.59 Å². The average molecular weight is 286 g/mol. The molecule has 6 unspecified atom stereocenters. The predicted octanol–water partition coefficient (Wildman–Crippen LogP) is 3.94. The first-order valence-corrected chi connectivity index (χ1v) is 8.77. The van der Waals surface area contributed by atoms with Gasteiger partial charge in [0.05, 0.1) is 0 Å². The van der Waals surface area contributed by atoms with Crippen LogP contribution in [0.2, 0.25) is 0 Å². The Hall–Kier alpha value is -0.920. The van der Waals surface area contributed by atoms with Crippen molar-refractivity contribution in [1.82, 2.24) is 0 Å². The first-order chi connectivity index (χ1) is 10.0. The van der Waals surface area contributed by atoms with E-state index in [1.807, 2.05) is 6.08 Å². The Morgan fingerprint density at radius 1 is 1.10 bits per heavy atom. The van der Waals surface area contributed by atoms with Crippen LogP contribution in [-0.4, -0.2) is 11.6 Å². The normalized spacial score (nSPS) is 49.2. The number of allylic oxidation sites excluding steroid dienone is 1. The maximum Gasteiger partial charge on any atom is 0.155 e. The van der Waals surface area contributed by atoms with Gasteiger partial charge in [-0.15, -0.1) is 0 Å². The minimum Gasteiger partial charge on any atom is -0.299 e. The Bertz CT molecular complexity index is 532. The number of fused-ring (bicyclic) bond motifs is 5. The first-order valence-electron chi connectivity index (χ1n) is 8.77. The van der Waals surface area contributed by atoms with Crippen LogP contribution in [0.1, 0.15) is 58.8 Å². The molecule has 6 atom stereocenters. The molecule has 0 N–H and O–H groups in total. The Morgan fingerprint density at radius 2 is 1.90 bits per heavy atom. The summed E-state index contributed by atoms with van der Waals surface area (Å²) in [5.74, 6) is 4.19. The number of Topliss-reactive ketones (excluding diaryl/α,β-unsaturated/α-hetero) is 1. The molecule has 0 radical (unpaired) electrons. The second-order valence-electron chi connectivity index (χ2n) is 8.28. The van der Waals surface area contributed by atoms with Gasteiger partial charge in [0.15, 0.2) is 5.78 Å². The Morgan fingerprint density at radius 3 is 2.71 bits per heavy atom. The lowest BCUT2D eigenvalue weighted by atomic mass is 9.49. The van der Waals surface area contributed by atoms with Crippen LogP contribution in [0.4, 0.5) is 0 Å². The Labute approximate surface area is 127 Å². The van der Waals surface area contributed by atoms with Crippen molar-refractivity contribution >= 4 is 11.6 Å². The molecule has 0 saturated heterocycles. The van der Waals surface area contributed by atoms with Crippen molar-refractivity contribution in [2.24, 2.45) is 35.0 Å². The maximum absolute atomic E-state index is 12.4. The molecule has 0 aromatic heterocycles. The van der Waals surface area contributed by atoms with E-state index in [0.29, 0.717) is 29.3 Å². The van der Waals surface area contributed by atoms with Crippen LogP contribution in [0.25, 0.3) is 0 Å². The van der Waals surface area contributed by atoms with Gasteiger partial charge < -0.3 is 0 Å². The summed E-state index contributed by atoms with van der Waals surface area (Å²) in [6, 6.07) is 0. The summed E-state index contributed by atoms with van der Waals surface area (Å²) in [7, 11) is 0. The molecule has 4 rings (SSSR count). The molecule has 0 bridgehead atoms. The zero-order valence-electron chi connectivity index (χ0n) is 13.2. The third-order valence-electron chi connectivity index (χ3n) is 7.31. The van der Waals surface area contributed by atoms with E-state index in [-0.39, 0.29) is 5.41 Å². The fraction of sp³-hybridized carbons (Fsp3) is 0.789. The minimum atomic E-state index is -0.0354. The zero-order valence-corrected chi connectivity index (χ0v) is 13.2. The van der Waals surface area contributed by atoms with E-state index in [0.717, 1.165) is 50.4 Å². The topological polar surface area (TPSA) is 34.1 Å². The van der Waals surface area contributed by atoms with Crippen molar-refractivity contribution in [2.75, 3.05) is 0 Å². The second-order valence-corrected chi connectivity index (χ2v) is 8.28. The summed E-state index contributed by atoms with van der Waals surface area (Å²) in [4.78, 5) is 24.1. The van der Waals surface area contributed by atoms with Crippen molar-refractivity contribution in [3.63, 3.8) is 0 Å². The number of carbonyl (C=O) groups excluding carboxylic acids is 2. The highest BCUT2D eigenvalue weighted by Gasteiger charge is 2.58. The quantitative estimate of drug-likeness (QED) is 0.676. The summed E-state index contributed by atoms with van der Waals surface area (Å²) >= 11 is 0. The first kappa shape index (κ1) is 13.7. The molecule has 2 heteroatoms. The standard InChI is InChI=1S/C19H26O2/c1-11-10-19(2)16(7-8-17(19)21)15-5-3-12-9-13(20)4-6-14(12)18(11)15/h9,11,14-16,18H,3-8,10H2,1-2H3. The molecule has 2 nitrogen and oxygen atoms in total. The molecular weight excluding hydrogens is 260 g/mol. The highest BCUT2D eigenvalue weighted by atomic mass is 16.1. The summed E-state index contributed by atoms with van der Waals surface area (Å²) in [6.07, 6.45) is 9.08. The van der Waals surface area contributed by atoms with Crippen LogP contribution in [0.3, 0.4) is 0 Å². The van der Waals surface area contributed by atoms with Gasteiger partial charge in [-0.2, -0.15) is 0 Å². The molecule has 114 valence electrons. The van der Waals surface area contributed by atoms with Crippen molar-refractivity contribution in [1.29, 1.82) is 0 Å². The van der Waals surface area contributed by atoms with Gasteiger partial charge in [0.1, 0.15) is 5.78 Å². The van der Waals surface area contributed by atoms with Crippen molar-refractivity contribution < 1.29 is 9.59 Å². The minimum absolute atomic E-state index is 0.0354. The number of ketones is 2. The molecule has 0 aliphatic heterocycles. The van der Waals surface area contributed by atoms with Crippen LogP contribution < -0.4 is 0 Å². The van der Waals surface area contributed by atoms with Crippen molar-refractivity contribution in [2.45, 2.75) is 58.8 Å². The molecule has 0 aromatic rings. The van der Waals surface area contributed by atoms with E-state index in [1.54, 1.807) is 0 Å². The zero-order chi connectivity index (χ0) is 14.8. The smallest absolute Gasteiger partial charge is 0.155 e. The van der Waals surface area contributed by atoms with E-state index in [4.69, 9.17) is 0 Å². The van der Waals surface area contributed by atoms with Gasteiger partial charge in [0, 0.05) is 18.3 Å². The van der Waals surface area contributed by atoms with Crippen molar-refractivity contribution in [3.05, 3.63) is 11.6 Å². The summed E-state index contributed by atoms with van der Waals surface area (Å²) < 4.78 is 0. The molecule has 0 heterocycles. The molecule has 4 aliphatic carbocycles. The Kier molecular flexibility index (Phi) is 2.96. The van der Waals surface area contributed by atoms with Crippen LogP contribution in [0.5, 0.6) is 0 Å². The SMILES string of the molecule is CC1CC2(C)C(=O)CCC2C2CCC3=CC(=O)CCC3C12. The summed E-state index contributed by atoms with van der Waals surface area (Å²) in [5, 5.41) is 0. The molecule has 3 fully saturated rings. The number of carbonyl (C=O) groups is 2. The monoisotopic (exact) mass is 286 g/mol. The molecule has 21 heavy (non-hydrogen) atoms. The van der Waals surface area contributed by atoms with E-state index in [9.17, 15) is 9.59 Å². The highest BCUT2D eigenvalue weighted by Crippen LogP contribution is 2.62. The Balaban J connectivity index is 1.70. The van der Waals surface area contributed by atoms with E-state index in [1.165, 1.54) is 12.0 Å². The number of hydrogen-bond acceptors (Lipinski definition) is 2. The fourth-order valence-corrected chi connectivity index (χ4v) is 6.53. The maximum atomic E-state index is 12.4. The van der Waals surface area contributed by atoms with Crippen LogP contribution in [0, 0.1) is 35.0 Å². The van der Waals surface area contributed by atoms with Crippen LogP contribution >= 0.6 is 0 Å². The summed E-state index contributed by atoms with van der Waals surface area (Å²) in [5.41, 5.74) is 1.40. The predicted molar refractivity (Wildman–Crippen MR) is 81.6 cm³/mol. The van der Waals surface area contributed by atoms with Gasteiger partial charge in [-0.1, -0.05) is 19.4 Å². The lowest BCUT2D eigenvalue weighted by Crippen LogP contribution is -2.50. The second kappa shape index (κ2) is 4.54. The molecule has 0 spiro atoms. The molecule has 3 saturated carbocycles. The largest absolute Gasteiger partial charge is 0.299 e. The van der Waals surface area contributed by atoms with Gasteiger partial charge in [0.2, 0.25) is 0 Å². The van der Waals surface area contributed by atoms with Gasteiger partial charge in [-0.3, -0.25) is 9.59 Å². The van der Waals surface area contributed by atoms with Gasteiger partial charge in [-0.25, -0.2) is 0 Å². The number of hydrogen-bond donors (Lipinski definition) is 0. The van der Waals surface area contributed by atoms with Gasteiger partial charge in [-0.05, 0) is 67.8 Å². The molecule has 0 aromatic carbocycles. The van der Waals surface area contributed by atoms with Crippen LogP contribution in [0.15, 0.2) is 11.6 Å². The van der Waals surface area contributed by atoms with Crippen molar-refractivity contribution in [3.8, 4) is 0 Å². The number of rotatable bonds is 0. The van der Waals surface area contributed by atoms with E-state index >= 15 is 0 Å². The molecular formula is C19H26O2. The molecule has 0 amide bonds. The third-order valence-corrected chi connectivity index (χ3v) is 7.31. The van der Waals surface area contributed by atoms with Gasteiger partial charge >= 0.3 is 0 Å². The average Bonchev–Trinajstić information content (AvgIpc) is 2.74. The highest BCUT2D eigenvalue weighted by molar-refractivity contribution is 5.91. The van der Waals surface area contributed by atoms with Gasteiger partial charge in [0.25, 0.3) is 0 Å². The third kappa shape index (κ3) is 1.83. The van der Waals surface area contributed by atoms with E-state index in [2.05, 4.69) is 13.8 Å². The lowest BCUT2D eigenvalue weighted by Gasteiger charge is -2.55. The lowest BCUT2D eigenvalue weighted by molar-refractivity contribution is -0.133.